The topological polar surface area (TPSA) is 75.7 Å². The average Bonchev–Trinajstić information content (AvgIpc) is 3.28. The molecule has 1 saturated heterocycles. The van der Waals surface area contributed by atoms with E-state index in [0.717, 1.165) is 37.1 Å². The van der Waals surface area contributed by atoms with Crippen molar-refractivity contribution in [3.8, 4) is 0 Å². The molecule has 6 nitrogen and oxygen atoms in total. The Morgan fingerprint density at radius 2 is 1.72 bits per heavy atom. The van der Waals surface area contributed by atoms with Crippen LogP contribution in [0, 0.1) is 6.92 Å². The molecule has 0 aliphatic carbocycles. The highest BCUT2D eigenvalue weighted by Gasteiger charge is 2.22. The van der Waals surface area contributed by atoms with Crippen LogP contribution < -0.4 is 5.32 Å². The molecule has 2 amide bonds. The number of aryl methyl sites for hydroxylation is 1. The Morgan fingerprint density at radius 3 is 2.38 bits per heavy atom. The monoisotopic (exact) mass is 394 g/mol. The number of ether oxygens (including phenoxy) is 1. The molecule has 1 fully saturated rings. The molecule has 0 atom stereocenters. The lowest BCUT2D eigenvalue weighted by molar-refractivity contribution is -0.116. The third-order valence-corrected chi connectivity index (χ3v) is 5.25. The molecule has 0 saturated carbocycles. The number of carbonyl (C=O) groups excluding carboxylic acids is 3. The van der Waals surface area contributed by atoms with Crippen LogP contribution in [0.2, 0.25) is 0 Å². The van der Waals surface area contributed by atoms with Gasteiger partial charge in [0.05, 0.1) is 12.7 Å². The Labute approximate surface area is 170 Å². The van der Waals surface area contributed by atoms with Gasteiger partial charge < -0.3 is 15.0 Å². The zero-order chi connectivity index (χ0) is 20.8. The molecule has 1 aliphatic rings. The molecule has 1 N–H and O–H groups in total. The van der Waals surface area contributed by atoms with Crippen molar-refractivity contribution in [1.29, 1.82) is 0 Å². The summed E-state index contributed by atoms with van der Waals surface area (Å²) in [4.78, 5) is 38.4. The molecular weight excluding hydrogens is 368 g/mol. The largest absolute Gasteiger partial charge is 0.465 e. The summed E-state index contributed by atoms with van der Waals surface area (Å²) < 4.78 is 4.68. The first-order chi connectivity index (χ1) is 14.0. The third-order valence-electron chi connectivity index (χ3n) is 5.25. The molecule has 3 rings (SSSR count). The van der Waals surface area contributed by atoms with Crippen LogP contribution in [-0.2, 0) is 16.0 Å². The Kier molecular flexibility index (Phi) is 6.65. The highest BCUT2D eigenvalue weighted by atomic mass is 16.5. The third kappa shape index (κ3) is 5.02. The molecule has 1 aliphatic heterocycles. The van der Waals surface area contributed by atoms with Crippen LogP contribution in [0.15, 0.2) is 42.5 Å². The molecule has 1 heterocycles. The highest BCUT2D eigenvalue weighted by molar-refractivity contribution is 5.99. The van der Waals surface area contributed by atoms with Crippen LogP contribution in [-0.4, -0.2) is 42.9 Å². The van der Waals surface area contributed by atoms with Gasteiger partial charge in [-0.1, -0.05) is 18.2 Å². The summed E-state index contributed by atoms with van der Waals surface area (Å²) in [5.74, 6) is -0.467. The number of carbonyl (C=O) groups is 3. The van der Waals surface area contributed by atoms with E-state index in [2.05, 4.69) is 10.1 Å². The lowest BCUT2D eigenvalue weighted by Crippen LogP contribution is -2.28. The minimum absolute atomic E-state index is 0.0294. The smallest absolute Gasteiger partial charge is 0.337 e. The molecule has 0 bridgehead atoms. The van der Waals surface area contributed by atoms with Gasteiger partial charge in [0.15, 0.2) is 0 Å². The maximum absolute atomic E-state index is 12.7. The van der Waals surface area contributed by atoms with Crippen LogP contribution in [0.3, 0.4) is 0 Å². The number of benzene rings is 2. The number of rotatable bonds is 6. The molecule has 2 aromatic rings. The number of hydrogen-bond acceptors (Lipinski definition) is 4. The Balaban J connectivity index is 1.60. The Hall–Kier alpha value is -3.15. The zero-order valence-electron chi connectivity index (χ0n) is 16.9. The van der Waals surface area contributed by atoms with Gasteiger partial charge in [-0.05, 0) is 61.6 Å². The molecule has 152 valence electrons. The predicted octanol–water partition coefficient (Wildman–Crippen LogP) is 3.59. The summed E-state index contributed by atoms with van der Waals surface area (Å²) in [6.45, 7) is 3.46. The first-order valence-corrected chi connectivity index (χ1v) is 9.85. The van der Waals surface area contributed by atoms with Crippen LogP contribution in [0.5, 0.6) is 0 Å². The summed E-state index contributed by atoms with van der Waals surface area (Å²) in [6, 6.07) is 12.5. The van der Waals surface area contributed by atoms with Gasteiger partial charge in [-0.2, -0.15) is 0 Å². The molecule has 2 aromatic carbocycles. The second-order valence-corrected chi connectivity index (χ2v) is 7.21. The van der Waals surface area contributed by atoms with E-state index in [1.54, 1.807) is 18.2 Å². The molecule has 0 aromatic heterocycles. The number of nitrogens with one attached hydrogen (secondary N) is 1. The Morgan fingerprint density at radius 1 is 1.03 bits per heavy atom. The summed E-state index contributed by atoms with van der Waals surface area (Å²) >= 11 is 0. The summed E-state index contributed by atoms with van der Waals surface area (Å²) in [5, 5.41) is 2.92. The summed E-state index contributed by atoms with van der Waals surface area (Å²) in [5.41, 5.74) is 3.54. The fourth-order valence-electron chi connectivity index (χ4n) is 3.49. The average molecular weight is 394 g/mol. The fourth-order valence-corrected chi connectivity index (χ4v) is 3.49. The molecule has 0 unspecified atom stereocenters. The van der Waals surface area contributed by atoms with E-state index in [9.17, 15) is 14.4 Å². The van der Waals surface area contributed by atoms with E-state index in [1.807, 2.05) is 36.1 Å². The summed E-state index contributed by atoms with van der Waals surface area (Å²) in [7, 11) is 1.34. The minimum Gasteiger partial charge on any atom is -0.465 e. The van der Waals surface area contributed by atoms with Crippen molar-refractivity contribution in [1.82, 2.24) is 4.90 Å². The molecule has 0 spiro atoms. The van der Waals surface area contributed by atoms with E-state index >= 15 is 0 Å². The maximum Gasteiger partial charge on any atom is 0.337 e. The second-order valence-electron chi connectivity index (χ2n) is 7.21. The molecule has 6 heteroatoms. The maximum atomic E-state index is 12.7. The quantitative estimate of drug-likeness (QED) is 0.760. The van der Waals surface area contributed by atoms with Crippen molar-refractivity contribution >= 4 is 23.5 Å². The number of amides is 2. The van der Waals surface area contributed by atoms with Crippen molar-refractivity contribution in [3.63, 3.8) is 0 Å². The minimum atomic E-state index is -0.381. The van der Waals surface area contributed by atoms with Gasteiger partial charge in [0.25, 0.3) is 5.91 Å². The van der Waals surface area contributed by atoms with Crippen LogP contribution in [0.25, 0.3) is 0 Å². The van der Waals surface area contributed by atoms with E-state index in [4.69, 9.17) is 0 Å². The second kappa shape index (κ2) is 9.37. The highest BCUT2D eigenvalue weighted by Crippen LogP contribution is 2.22. The van der Waals surface area contributed by atoms with Crippen LogP contribution in [0.1, 0.15) is 51.1 Å². The molecule has 29 heavy (non-hydrogen) atoms. The van der Waals surface area contributed by atoms with Gasteiger partial charge >= 0.3 is 5.97 Å². The van der Waals surface area contributed by atoms with Gasteiger partial charge in [-0.25, -0.2) is 4.79 Å². The summed E-state index contributed by atoms with van der Waals surface area (Å²) in [6.07, 6.45) is 2.95. The van der Waals surface area contributed by atoms with E-state index in [-0.39, 0.29) is 17.8 Å². The van der Waals surface area contributed by atoms with Crippen molar-refractivity contribution in [2.45, 2.75) is 32.6 Å². The van der Waals surface area contributed by atoms with Crippen LogP contribution in [0.4, 0.5) is 5.69 Å². The van der Waals surface area contributed by atoms with Gasteiger partial charge in [-0.15, -0.1) is 0 Å². The number of hydrogen-bond donors (Lipinski definition) is 1. The zero-order valence-corrected chi connectivity index (χ0v) is 16.9. The number of methoxy groups -OCH3 is 1. The fraction of sp³-hybridized carbons (Fsp3) is 0.348. The van der Waals surface area contributed by atoms with Crippen molar-refractivity contribution < 1.29 is 19.1 Å². The van der Waals surface area contributed by atoms with Gasteiger partial charge in [0, 0.05) is 30.8 Å². The first-order valence-electron chi connectivity index (χ1n) is 9.85. The van der Waals surface area contributed by atoms with Crippen molar-refractivity contribution in [2.24, 2.45) is 0 Å². The number of nitrogens with zero attached hydrogens (tertiary/aromatic N) is 1. The Bertz CT molecular complexity index is 900. The van der Waals surface area contributed by atoms with E-state index in [1.165, 1.54) is 7.11 Å². The van der Waals surface area contributed by atoms with Gasteiger partial charge in [0.2, 0.25) is 5.91 Å². The standard InChI is InChI=1S/C23H26N2O4/c1-16-19(22(27)25-14-3-4-15-25)6-5-7-20(16)24-21(26)13-10-17-8-11-18(12-9-17)23(28)29-2/h5-9,11-12H,3-4,10,13-15H2,1-2H3,(H,24,26). The molecular formula is C23H26N2O4. The first kappa shape index (κ1) is 20.6. The lowest BCUT2D eigenvalue weighted by atomic mass is 10.0. The van der Waals surface area contributed by atoms with Crippen molar-refractivity contribution in [3.05, 3.63) is 64.7 Å². The lowest BCUT2D eigenvalue weighted by Gasteiger charge is -2.18. The normalized spacial score (nSPS) is 13.2. The van der Waals surface area contributed by atoms with E-state index < -0.39 is 0 Å². The predicted molar refractivity (Wildman–Crippen MR) is 111 cm³/mol. The SMILES string of the molecule is COC(=O)c1ccc(CCC(=O)Nc2cccc(C(=O)N3CCCC3)c2C)cc1. The van der Waals surface area contributed by atoms with Crippen LogP contribution >= 0.6 is 0 Å². The van der Waals surface area contributed by atoms with Gasteiger partial charge in [0.1, 0.15) is 0 Å². The number of esters is 1. The van der Waals surface area contributed by atoms with E-state index in [0.29, 0.717) is 29.7 Å². The van der Waals surface area contributed by atoms with Crippen molar-refractivity contribution in [2.75, 3.05) is 25.5 Å². The number of likely N-dealkylation sites (tertiary alicyclic amines) is 1. The van der Waals surface area contributed by atoms with Gasteiger partial charge in [-0.3, -0.25) is 9.59 Å². The number of anilines is 1. The molecule has 0 radical (unpaired) electrons.